The Hall–Kier alpha value is -3.68. The fourth-order valence-corrected chi connectivity index (χ4v) is 6.56. The Morgan fingerprint density at radius 1 is 0.537 bits per heavy atom. The van der Waals surface area contributed by atoms with Crippen LogP contribution in [-0.2, 0) is 41.9 Å². The van der Waals surface area contributed by atoms with Crippen LogP contribution in [0.1, 0.15) is 173 Å². The predicted octanol–water partition coefficient (Wildman–Crippen LogP) is 10.7. The summed E-state index contributed by atoms with van der Waals surface area (Å²) in [6, 6.07) is 16.7. The SMILES string of the molecule is CCCCCCCCCCCCCCCCCCCCCC(=O)NC(C(=O)NC(CCC(=O)OCc1ccccc1)C(=O)OCc1ccccc1)C(C)C. The molecule has 8 heteroatoms. The fourth-order valence-electron chi connectivity index (χ4n) is 6.56. The number of esters is 2. The molecule has 0 radical (unpaired) electrons. The molecule has 2 amide bonds. The number of benzene rings is 2. The number of rotatable bonds is 32. The monoisotopic (exact) mass is 749 g/mol. The van der Waals surface area contributed by atoms with E-state index in [2.05, 4.69) is 17.6 Å². The van der Waals surface area contributed by atoms with E-state index in [0.717, 1.165) is 30.4 Å². The number of nitrogens with one attached hydrogen (secondary N) is 2. The number of ether oxygens (including phenoxy) is 2. The van der Waals surface area contributed by atoms with Gasteiger partial charge in [0, 0.05) is 12.8 Å². The summed E-state index contributed by atoms with van der Waals surface area (Å²) in [5.74, 6) is -2.00. The van der Waals surface area contributed by atoms with Gasteiger partial charge in [0.1, 0.15) is 25.3 Å². The van der Waals surface area contributed by atoms with Crippen LogP contribution in [0.2, 0.25) is 0 Å². The van der Waals surface area contributed by atoms with Crippen molar-refractivity contribution < 1.29 is 28.7 Å². The lowest BCUT2D eigenvalue weighted by molar-refractivity contribution is -0.151. The smallest absolute Gasteiger partial charge is 0.328 e. The second kappa shape index (κ2) is 30.6. The van der Waals surface area contributed by atoms with E-state index >= 15 is 0 Å². The number of carbonyl (C=O) groups is 4. The highest BCUT2D eigenvalue weighted by atomic mass is 16.5. The molecule has 0 heterocycles. The topological polar surface area (TPSA) is 111 Å². The molecule has 0 saturated heterocycles. The Morgan fingerprint density at radius 3 is 1.41 bits per heavy atom. The quantitative estimate of drug-likeness (QED) is 0.0569. The standard InChI is InChI=1S/C46H72N2O6/c1-4-5-6-7-8-9-10-11-12-13-14-15-16-17-18-19-20-21-28-33-42(49)48-44(38(2)3)45(51)47-41(46(52)54-37-40-31-26-23-27-32-40)34-35-43(50)53-36-39-29-24-22-25-30-39/h22-27,29-32,38,41,44H,4-21,28,33-37H2,1-3H3,(H,47,51)(H,48,49). The summed E-state index contributed by atoms with van der Waals surface area (Å²) in [7, 11) is 0. The zero-order chi connectivity index (χ0) is 39.1. The molecule has 2 unspecified atom stereocenters. The molecular formula is C46H72N2O6. The first-order valence-corrected chi connectivity index (χ1v) is 21.3. The first-order valence-electron chi connectivity index (χ1n) is 21.3. The van der Waals surface area contributed by atoms with Gasteiger partial charge in [-0.1, -0.05) is 197 Å². The Bertz CT molecular complexity index is 1270. The third-order valence-electron chi connectivity index (χ3n) is 9.98. The van der Waals surface area contributed by atoms with Gasteiger partial charge in [-0.05, 0) is 29.9 Å². The van der Waals surface area contributed by atoms with Crippen LogP contribution in [-0.4, -0.2) is 35.8 Å². The number of unbranched alkanes of at least 4 members (excludes halogenated alkanes) is 18. The molecule has 0 aliphatic heterocycles. The summed E-state index contributed by atoms with van der Waals surface area (Å²) in [5, 5.41) is 5.65. The van der Waals surface area contributed by atoms with Gasteiger partial charge in [-0.3, -0.25) is 14.4 Å². The largest absolute Gasteiger partial charge is 0.461 e. The minimum atomic E-state index is -1.08. The molecular weight excluding hydrogens is 677 g/mol. The first-order chi connectivity index (χ1) is 26.3. The lowest BCUT2D eigenvalue weighted by Crippen LogP contribution is -2.54. The number of amides is 2. The average molecular weight is 749 g/mol. The van der Waals surface area contributed by atoms with Gasteiger partial charge in [-0.2, -0.15) is 0 Å². The van der Waals surface area contributed by atoms with Gasteiger partial charge in [0.25, 0.3) is 0 Å². The van der Waals surface area contributed by atoms with Crippen LogP contribution in [0.25, 0.3) is 0 Å². The molecule has 0 spiro atoms. The van der Waals surface area contributed by atoms with Crippen molar-refractivity contribution >= 4 is 23.8 Å². The lowest BCUT2D eigenvalue weighted by atomic mass is 10.0. The summed E-state index contributed by atoms with van der Waals surface area (Å²) >= 11 is 0. The van der Waals surface area contributed by atoms with Crippen LogP contribution >= 0.6 is 0 Å². The van der Waals surface area contributed by atoms with Gasteiger partial charge in [-0.15, -0.1) is 0 Å². The van der Waals surface area contributed by atoms with Crippen LogP contribution in [0.3, 0.4) is 0 Å². The molecule has 2 N–H and O–H groups in total. The maximum Gasteiger partial charge on any atom is 0.328 e. The van der Waals surface area contributed by atoms with Crippen molar-refractivity contribution in [3.8, 4) is 0 Å². The summed E-state index contributed by atoms with van der Waals surface area (Å²) in [6.45, 7) is 6.14. The molecule has 54 heavy (non-hydrogen) atoms. The number of hydrogen-bond donors (Lipinski definition) is 2. The van der Waals surface area contributed by atoms with Gasteiger partial charge in [0.15, 0.2) is 0 Å². The van der Waals surface area contributed by atoms with Crippen LogP contribution in [0.5, 0.6) is 0 Å². The minimum Gasteiger partial charge on any atom is -0.461 e. The van der Waals surface area contributed by atoms with E-state index in [-0.39, 0.29) is 37.9 Å². The molecule has 0 saturated carbocycles. The van der Waals surface area contributed by atoms with Crippen molar-refractivity contribution in [2.24, 2.45) is 5.92 Å². The van der Waals surface area contributed by atoms with Gasteiger partial charge < -0.3 is 20.1 Å². The van der Waals surface area contributed by atoms with E-state index in [0.29, 0.717) is 6.42 Å². The van der Waals surface area contributed by atoms with Crippen LogP contribution in [0.15, 0.2) is 60.7 Å². The Labute approximate surface area is 327 Å². The van der Waals surface area contributed by atoms with Crippen molar-refractivity contribution in [1.82, 2.24) is 10.6 Å². The second-order valence-corrected chi connectivity index (χ2v) is 15.2. The molecule has 2 atom stereocenters. The van der Waals surface area contributed by atoms with Crippen molar-refractivity contribution in [2.45, 2.75) is 187 Å². The Balaban J connectivity index is 1.66. The lowest BCUT2D eigenvalue weighted by Gasteiger charge is -2.25. The van der Waals surface area contributed by atoms with Gasteiger partial charge in [0.2, 0.25) is 11.8 Å². The van der Waals surface area contributed by atoms with E-state index in [1.54, 1.807) is 0 Å². The van der Waals surface area contributed by atoms with E-state index in [1.807, 2.05) is 74.5 Å². The van der Waals surface area contributed by atoms with Gasteiger partial charge in [0.05, 0.1) is 0 Å². The second-order valence-electron chi connectivity index (χ2n) is 15.2. The predicted molar refractivity (Wildman–Crippen MR) is 218 cm³/mol. The molecule has 0 aromatic heterocycles. The van der Waals surface area contributed by atoms with Crippen LogP contribution in [0.4, 0.5) is 0 Å². The molecule has 0 bridgehead atoms. The van der Waals surface area contributed by atoms with Crippen molar-refractivity contribution in [1.29, 1.82) is 0 Å². The Kier molecular flexibility index (Phi) is 26.4. The number of hydrogen-bond acceptors (Lipinski definition) is 6. The molecule has 8 nitrogen and oxygen atoms in total. The fraction of sp³-hybridized carbons (Fsp3) is 0.652. The number of carbonyl (C=O) groups excluding carboxylic acids is 4. The van der Waals surface area contributed by atoms with Gasteiger partial charge >= 0.3 is 11.9 Å². The maximum atomic E-state index is 13.5. The van der Waals surface area contributed by atoms with Crippen molar-refractivity contribution in [2.75, 3.05) is 0 Å². The van der Waals surface area contributed by atoms with Crippen LogP contribution in [0, 0.1) is 5.92 Å². The summed E-state index contributed by atoms with van der Waals surface area (Å²) in [4.78, 5) is 52.1. The summed E-state index contributed by atoms with van der Waals surface area (Å²) < 4.78 is 10.9. The highest BCUT2D eigenvalue weighted by Crippen LogP contribution is 2.16. The van der Waals surface area contributed by atoms with Gasteiger partial charge in [-0.25, -0.2) is 4.79 Å². The summed E-state index contributed by atoms with van der Waals surface area (Å²) in [6.07, 6.45) is 24.9. The summed E-state index contributed by atoms with van der Waals surface area (Å²) in [5.41, 5.74) is 1.66. The molecule has 2 aromatic carbocycles. The van der Waals surface area contributed by atoms with Crippen molar-refractivity contribution in [3.63, 3.8) is 0 Å². The molecule has 2 rings (SSSR count). The average Bonchev–Trinajstić information content (AvgIpc) is 3.18. The molecule has 0 fully saturated rings. The zero-order valence-electron chi connectivity index (χ0n) is 33.9. The molecule has 2 aromatic rings. The highest BCUT2D eigenvalue weighted by molar-refractivity contribution is 5.91. The molecule has 302 valence electrons. The highest BCUT2D eigenvalue weighted by Gasteiger charge is 2.30. The third-order valence-corrected chi connectivity index (χ3v) is 9.98. The molecule has 0 aliphatic carbocycles. The van der Waals surface area contributed by atoms with E-state index in [1.165, 1.54) is 103 Å². The molecule has 0 aliphatic rings. The first kappa shape index (κ1) is 46.5. The maximum absolute atomic E-state index is 13.5. The minimum absolute atomic E-state index is 0.00506. The Morgan fingerprint density at radius 2 is 0.963 bits per heavy atom. The van der Waals surface area contributed by atoms with Crippen molar-refractivity contribution in [3.05, 3.63) is 71.8 Å². The van der Waals surface area contributed by atoms with Crippen LogP contribution < -0.4 is 10.6 Å². The van der Waals surface area contributed by atoms with E-state index in [4.69, 9.17) is 9.47 Å². The van der Waals surface area contributed by atoms with E-state index < -0.39 is 29.9 Å². The normalized spacial score (nSPS) is 12.2. The van der Waals surface area contributed by atoms with E-state index in [9.17, 15) is 19.2 Å². The zero-order valence-corrected chi connectivity index (χ0v) is 33.9. The third kappa shape index (κ3) is 23.2.